The van der Waals surface area contributed by atoms with Crippen LogP contribution in [0.15, 0.2) is 36.4 Å². The van der Waals surface area contributed by atoms with Crippen LogP contribution in [-0.2, 0) is 0 Å². The topological polar surface area (TPSA) is 47.6 Å². The Morgan fingerprint density at radius 2 is 2.10 bits per heavy atom. The molecule has 1 amide bonds. The van der Waals surface area contributed by atoms with Crippen molar-refractivity contribution in [1.29, 1.82) is 0 Å². The Kier molecular flexibility index (Phi) is 3.80. The number of benzene rings is 1. The van der Waals surface area contributed by atoms with E-state index in [9.17, 15) is 4.79 Å². The first-order chi connectivity index (χ1) is 9.72. The summed E-state index contributed by atoms with van der Waals surface area (Å²) >= 11 is 7.06. The molecule has 0 radical (unpaired) electrons. The van der Waals surface area contributed by atoms with Crippen molar-refractivity contribution in [1.82, 2.24) is 5.32 Å². The molecule has 1 atom stereocenters. The Hall–Kier alpha value is -1.72. The van der Waals surface area contributed by atoms with Gasteiger partial charge in [-0.05, 0) is 24.3 Å². The Morgan fingerprint density at radius 3 is 2.85 bits per heavy atom. The fourth-order valence-corrected chi connectivity index (χ4v) is 2.85. The number of thiophene rings is 1. The summed E-state index contributed by atoms with van der Waals surface area (Å²) in [6.07, 6.45) is -0.190. The number of nitrogens with one attached hydrogen (secondary N) is 1. The number of carbonyl (C=O) groups excluding carboxylic acids is 1. The number of carbonyl (C=O) groups is 1. The van der Waals surface area contributed by atoms with E-state index in [1.807, 2.05) is 24.3 Å². The molecule has 0 unspecified atom stereocenters. The SMILES string of the molecule is O=C(NC[C@@H]1COc2ccccc2O1)c1ccc(Cl)s1. The molecule has 1 aliphatic rings. The Balaban J connectivity index is 1.56. The molecule has 0 saturated heterocycles. The molecule has 0 fully saturated rings. The zero-order valence-electron chi connectivity index (χ0n) is 10.5. The lowest BCUT2D eigenvalue weighted by Crippen LogP contribution is -2.40. The first kappa shape index (κ1) is 13.3. The average Bonchev–Trinajstić information content (AvgIpc) is 2.91. The fourth-order valence-electron chi connectivity index (χ4n) is 1.89. The van der Waals surface area contributed by atoms with E-state index in [0.29, 0.717) is 28.1 Å². The third-order valence-corrected chi connectivity index (χ3v) is 4.08. The summed E-state index contributed by atoms with van der Waals surface area (Å²) in [6, 6.07) is 10.9. The van der Waals surface area contributed by atoms with E-state index in [0.717, 1.165) is 5.75 Å². The van der Waals surface area contributed by atoms with Gasteiger partial charge in [0, 0.05) is 0 Å². The highest BCUT2D eigenvalue weighted by molar-refractivity contribution is 7.17. The van der Waals surface area contributed by atoms with Crippen LogP contribution in [0.25, 0.3) is 0 Å². The number of halogens is 1. The molecule has 1 N–H and O–H groups in total. The molecule has 1 aromatic heterocycles. The zero-order valence-corrected chi connectivity index (χ0v) is 12.0. The summed E-state index contributed by atoms with van der Waals surface area (Å²) in [7, 11) is 0. The molecule has 20 heavy (non-hydrogen) atoms. The van der Waals surface area contributed by atoms with Gasteiger partial charge in [-0.3, -0.25) is 4.79 Å². The number of ether oxygens (including phenoxy) is 2. The van der Waals surface area contributed by atoms with Crippen molar-refractivity contribution in [2.24, 2.45) is 0 Å². The monoisotopic (exact) mass is 309 g/mol. The molecular formula is C14H12ClNO3S. The van der Waals surface area contributed by atoms with Crippen LogP contribution in [-0.4, -0.2) is 25.2 Å². The quantitative estimate of drug-likeness (QED) is 0.948. The van der Waals surface area contributed by atoms with Gasteiger partial charge in [0.15, 0.2) is 11.5 Å². The van der Waals surface area contributed by atoms with Crippen molar-refractivity contribution < 1.29 is 14.3 Å². The van der Waals surface area contributed by atoms with Crippen LogP contribution in [0, 0.1) is 0 Å². The summed E-state index contributed by atoms with van der Waals surface area (Å²) in [6.45, 7) is 0.811. The molecule has 6 heteroatoms. The Bertz CT molecular complexity index is 628. The highest BCUT2D eigenvalue weighted by Gasteiger charge is 2.21. The van der Waals surface area contributed by atoms with Gasteiger partial charge in [0.2, 0.25) is 0 Å². The number of fused-ring (bicyclic) bond motifs is 1. The van der Waals surface area contributed by atoms with E-state index >= 15 is 0 Å². The lowest BCUT2D eigenvalue weighted by Gasteiger charge is -2.26. The van der Waals surface area contributed by atoms with Gasteiger partial charge in [-0.15, -0.1) is 11.3 Å². The minimum absolute atomic E-state index is 0.149. The van der Waals surface area contributed by atoms with Crippen molar-refractivity contribution in [3.63, 3.8) is 0 Å². The Morgan fingerprint density at radius 1 is 1.30 bits per heavy atom. The molecule has 104 valence electrons. The van der Waals surface area contributed by atoms with Crippen LogP contribution < -0.4 is 14.8 Å². The molecule has 0 saturated carbocycles. The second-order valence-electron chi connectivity index (χ2n) is 4.31. The first-order valence-electron chi connectivity index (χ1n) is 6.14. The number of para-hydroxylation sites is 2. The van der Waals surface area contributed by atoms with Gasteiger partial charge in [-0.1, -0.05) is 23.7 Å². The van der Waals surface area contributed by atoms with Crippen molar-refractivity contribution >= 4 is 28.8 Å². The van der Waals surface area contributed by atoms with Crippen LogP contribution in [0.1, 0.15) is 9.67 Å². The second kappa shape index (κ2) is 5.73. The van der Waals surface area contributed by atoms with Gasteiger partial charge in [-0.2, -0.15) is 0 Å². The predicted molar refractivity (Wildman–Crippen MR) is 78.0 cm³/mol. The molecule has 3 rings (SSSR count). The summed E-state index contributed by atoms with van der Waals surface area (Å²) < 4.78 is 11.9. The van der Waals surface area contributed by atoms with Crippen molar-refractivity contribution in [2.45, 2.75) is 6.10 Å². The fraction of sp³-hybridized carbons (Fsp3) is 0.214. The van der Waals surface area contributed by atoms with Crippen LogP contribution in [0.4, 0.5) is 0 Å². The van der Waals surface area contributed by atoms with Crippen LogP contribution in [0.3, 0.4) is 0 Å². The van der Waals surface area contributed by atoms with Gasteiger partial charge in [-0.25, -0.2) is 0 Å². The largest absolute Gasteiger partial charge is 0.486 e. The zero-order chi connectivity index (χ0) is 13.9. The number of hydrogen-bond acceptors (Lipinski definition) is 4. The number of hydrogen-bond donors (Lipinski definition) is 1. The Labute approximate surface area is 125 Å². The summed E-state index contributed by atoms with van der Waals surface area (Å²) in [5.41, 5.74) is 0. The maximum Gasteiger partial charge on any atom is 0.261 e. The number of rotatable bonds is 3. The molecule has 1 aromatic carbocycles. The van der Waals surface area contributed by atoms with Crippen molar-refractivity contribution in [3.05, 3.63) is 45.6 Å². The maximum atomic E-state index is 11.9. The summed E-state index contributed by atoms with van der Waals surface area (Å²) in [4.78, 5) is 12.5. The van der Waals surface area contributed by atoms with Crippen LogP contribution in [0.5, 0.6) is 11.5 Å². The summed E-state index contributed by atoms with van der Waals surface area (Å²) in [5, 5.41) is 2.82. The van der Waals surface area contributed by atoms with Gasteiger partial charge >= 0.3 is 0 Å². The minimum Gasteiger partial charge on any atom is -0.486 e. The van der Waals surface area contributed by atoms with E-state index in [4.69, 9.17) is 21.1 Å². The van der Waals surface area contributed by atoms with Gasteiger partial charge in [0.25, 0.3) is 5.91 Å². The van der Waals surface area contributed by atoms with E-state index in [2.05, 4.69) is 5.32 Å². The van der Waals surface area contributed by atoms with Crippen molar-refractivity contribution in [2.75, 3.05) is 13.2 Å². The second-order valence-corrected chi connectivity index (χ2v) is 6.03. The third-order valence-electron chi connectivity index (χ3n) is 2.85. The van der Waals surface area contributed by atoms with Gasteiger partial charge in [0.1, 0.15) is 12.7 Å². The normalized spacial score (nSPS) is 16.8. The number of amides is 1. The predicted octanol–water partition coefficient (Wildman–Crippen LogP) is 2.97. The standard InChI is InChI=1S/C14H12ClNO3S/c15-13-6-5-12(20-13)14(17)16-7-9-8-18-10-3-1-2-4-11(10)19-9/h1-6,9H,7-8H2,(H,16,17)/t9-/m1/s1. The smallest absolute Gasteiger partial charge is 0.261 e. The average molecular weight is 310 g/mol. The molecule has 2 heterocycles. The maximum absolute atomic E-state index is 11.9. The minimum atomic E-state index is -0.190. The molecular weight excluding hydrogens is 298 g/mol. The van der Waals surface area contributed by atoms with E-state index in [-0.39, 0.29) is 12.0 Å². The van der Waals surface area contributed by atoms with E-state index < -0.39 is 0 Å². The molecule has 4 nitrogen and oxygen atoms in total. The van der Waals surface area contributed by atoms with Gasteiger partial charge < -0.3 is 14.8 Å². The third kappa shape index (κ3) is 2.89. The van der Waals surface area contributed by atoms with E-state index in [1.165, 1.54) is 11.3 Å². The highest BCUT2D eigenvalue weighted by atomic mass is 35.5. The highest BCUT2D eigenvalue weighted by Crippen LogP contribution is 2.30. The van der Waals surface area contributed by atoms with Gasteiger partial charge in [0.05, 0.1) is 15.8 Å². The van der Waals surface area contributed by atoms with E-state index in [1.54, 1.807) is 12.1 Å². The van der Waals surface area contributed by atoms with Crippen LogP contribution >= 0.6 is 22.9 Å². The van der Waals surface area contributed by atoms with Crippen LogP contribution in [0.2, 0.25) is 4.34 Å². The summed E-state index contributed by atoms with van der Waals surface area (Å²) in [5.74, 6) is 1.29. The molecule has 2 aromatic rings. The lowest BCUT2D eigenvalue weighted by molar-refractivity contribution is 0.0791. The molecule has 0 bridgehead atoms. The molecule has 0 aliphatic carbocycles. The molecule has 1 aliphatic heterocycles. The van der Waals surface area contributed by atoms with Crippen molar-refractivity contribution in [3.8, 4) is 11.5 Å². The molecule has 0 spiro atoms. The first-order valence-corrected chi connectivity index (χ1v) is 7.34. The lowest BCUT2D eigenvalue weighted by atomic mass is 10.2.